The van der Waals surface area contributed by atoms with Gasteiger partial charge in [-0.15, -0.1) is 0 Å². The summed E-state index contributed by atoms with van der Waals surface area (Å²) in [6.45, 7) is 1.58. The van der Waals surface area contributed by atoms with Crippen LogP contribution >= 0.6 is 0 Å². The zero-order chi connectivity index (χ0) is 22.1. The van der Waals surface area contributed by atoms with Crippen LogP contribution in [0.4, 0.5) is 4.39 Å². The van der Waals surface area contributed by atoms with Gasteiger partial charge in [0.2, 0.25) is 0 Å². The van der Waals surface area contributed by atoms with Crippen molar-refractivity contribution in [1.29, 1.82) is 0 Å². The van der Waals surface area contributed by atoms with Gasteiger partial charge in [0.25, 0.3) is 0 Å². The van der Waals surface area contributed by atoms with Gasteiger partial charge in [0.1, 0.15) is 24.3 Å². The highest BCUT2D eigenvalue weighted by atomic mass is 19.1. The van der Waals surface area contributed by atoms with Crippen molar-refractivity contribution in [2.45, 2.75) is 19.2 Å². The molecule has 1 atom stereocenters. The smallest absolute Gasteiger partial charge is 0.165 e. The van der Waals surface area contributed by atoms with E-state index in [1.165, 1.54) is 12.1 Å². The number of nitrogens with zero attached hydrogens (tertiary/aromatic N) is 1. The summed E-state index contributed by atoms with van der Waals surface area (Å²) in [4.78, 5) is 2.07. The highest BCUT2D eigenvalue weighted by Crippen LogP contribution is 2.31. The summed E-state index contributed by atoms with van der Waals surface area (Å²) in [6, 6.07) is 21.5. The first-order valence-corrected chi connectivity index (χ1v) is 10.1. The average Bonchev–Trinajstić information content (AvgIpc) is 2.79. The molecule has 0 amide bonds. The number of para-hydroxylation sites is 2. The molecule has 6 heteroatoms. The lowest BCUT2D eigenvalue weighted by atomic mass is 10.1. The second-order valence-electron chi connectivity index (χ2n) is 7.23. The zero-order valence-electron chi connectivity index (χ0n) is 17.8. The fourth-order valence-electron chi connectivity index (χ4n) is 3.41. The molecule has 0 aliphatic carbocycles. The van der Waals surface area contributed by atoms with Gasteiger partial charge in [-0.3, -0.25) is 4.90 Å². The number of hydrogen-bond acceptors (Lipinski definition) is 5. The number of aliphatic hydroxyl groups excluding tert-OH is 1. The standard InChI is InChI=1S/C25H28FNO4/c1-29-24-10-6-7-20(25(24)30-2)16-27(15-19-11-13-21(26)14-12-19)17-22(28)18-31-23-8-4-3-5-9-23/h3-14,22,28H,15-18H2,1-2H3. The number of benzene rings is 3. The highest BCUT2D eigenvalue weighted by molar-refractivity contribution is 5.46. The van der Waals surface area contributed by atoms with E-state index in [9.17, 15) is 9.50 Å². The molecule has 0 heterocycles. The van der Waals surface area contributed by atoms with Crippen LogP contribution in [-0.4, -0.2) is 43.5 Å². The van der Waals surface area contributed by atoms with Crippen LogP contribution in [0.15, 0.2) is 72.8 Å². The Bertz CT molecular complexity index is 934. The molecule has 5 nitrogen and oxygen atoms in total. The van der Waals surface area contributed by atoms with Crippen molar-refractivity contribution < 1.29 is 23.7 Å². The summed E-state index contributed by atoms with van der Waals surface area (Å²) < 4.78 is 30.0. The minimum Gasteiger partial charge on any atom is -0.493 e. The Balaban J connectivity index is 1.73. The van der Waals surface area contributed by atoms with E-state index in [2.05, 4.69) is 4.90 Å². The largest absolute Gasteiger partial charge is 0.493 e. The van der Waals surface area contributed by atoms with Gasteiger partial charge in [-0.25, -0.2) is 4.39 Å². The van der Waals surface area contributed by atoms with Gasteiger partial charge in [0, 0.05) is 25.2 Å². The van der Waals surface area contributed by atoms with Crippen LogP contribution < -0.4 is 14.2 Å². The van der Waals surface area contributed by atoms with Gasteiger partial charge in [0.05, 0.1) is 14.2 Å². The maximum Gasteiger partial charge on any atom is 0.165 e. The van der Waals surface area contributed by atoms with E-state index in [0.29, 0.717) is 36.9 Å². The van der Waals surface area contributed by atoms with E-state index in [0.717, 1.165) is 11.1 Å². The Hall–Kier alpha value is -3.09. The minimum absolute atomic E-state index is 0.166. The highest BCUT2D eigenvalue weighted by Gasteiger charge is 2.17. The molecule has 0 radical (unpaired) electrons. The quantitative estimate of drug-likeness (QED) is 0.497. The lowest BCUT2D eigenvalue weighted by molar-refractivity contribution is 0.0625. The lowest BCUT2D eigenvalue weighted by Crippen LogP contribution is -2.35. The summed E-state index contributed by atoms with van der Waals surface area (Å²) in [7, 11) is 3.21. The van der Waals surface area contributed by atoms with Gasteiger partial charge in [-0.05, 0) is 35.9 Å². The zero-order valence-corrected chi connectivity index (χ0v) is 17.8. The normalized spacial score (nSPS) is 11.9. The van der Waals surface area contributed by atoms with Gasteiger partial charge in [0.15, 0.2) is 11.5 Å². The van der Waals surface area contributed by atoms with Crippen molar-refractivity contribution in [3.63, 3.8) is 0 Å². The Labute approximate surface area is 182 Å². The third-order valence-corrected chi connectivity index (χ3v) is 4.85. The molecule has 164 valence electrons. The molecule has 0 bridgehead atoms. The Kier molecular flexibility index (Phi) is 8.27. The number of methoxy groups -OCH3 is 2. The fourth-order valence-corrected chi connectivity index (χ4v) is 3.41. The molecule has 0 fully saturated rings. The predicted octanol–water partition coefficient (Wildman–Crippen LogP) is 4.29. The molecule has 31 heavy (non-hydrogen) atoms. The second-order valence-corrected chi connectivity index (χ2v) is 7.23. The first-order chi connectivity index (χ1) is 15.1. The number of ether oxygens (including phenoxy) is 3. The molecular formula is C25H28FNO4. The molecule has 0 aromatic heterocycles. The topological polar surface area (TPSA) is 51.2 Å². The van der Waals surface area contributed by atoms with Crippen LogP contribution in [-0.2, 0) is 13.1 Å². The van der Waals surface area contributed by atoms with Crippen molar-refractivity contribution >= 4 is 0 Å². The van der Waals surface area contributed by atoms with Crippen molar-refractivity contribution in [2.75, 3.05) is 27.4 Å². The van der Waals surface area contributed by atoms with Gasteiger partial charge in [-0.2, -0.15) is 0 Å². The lowest BCUT2D eigenvalue weighted by Gasteiger charge is -2.26. The van der Waals surface area contributed by atoms with Crippen LogP contribution in [0.25, 0.3) is 0 Å². The molecule has 1 N–H and O–H groups in total. The van der Waals surface area contributed by atoms with Gasteiger partial charge in [-0.1, -0.05) is 42.5 Å². The van der Waals surface area contributed by atoms with E-state index in [4.69, 9.17) is 14.2 Å². The molecule has 0 saturated carbocycles. The van der Waals surface area contributed by atoms with E-state index in [-0.39, 0.29) is 12.4 Å². The van der Waals surface area contributed by atoms with Crippen LogP contribution in [0.2, 0.25) is 0 Å². The average molecular weight is 426 g/mol. The summed E-state index contributed by atoms with van der Waals surface area (Å²) in [6.07, 6.45) is -0.711. The van der Waals surface area contributed by atoms with Crippen LogP contribution in [0.3, 0.4) is 0 Å². The molecule has 0 aliphatic heterocycles. The molecule has 3 aromatic carbocycles. The monoisotopic (exact) mass is 425 g/mol. The molecule has 1 unspecified atom stereocenters. The molecule has 0 spiro atoms. The van der Waals surface area contributed by atoms with Crippen molar-refractivity contribution in [3.05, 3.63) is 89.7 Å². The minimum atomic E-state index is -0.711. The van der Waals surface area contributed by atoms with Crippen LogP contribution in [0.5, 0.6) is 17.2 Å². The van der Waals surface area contributed by atoms with Crippen molar-refractivity contribution in [1.82, 2.24) is 4.90 Å². The Morgan fingerprint density at radius 2 is 1.61 bits per heavy atom. The van der Waals surface area contributed by atoms with Crippen molar-refractivity contribution in [3.8, 4) is 17.2 Å². The summed E-state index contributed by atoms with van der Waals surface area (Å²) >= 11 is 0. The maximum absolute atomic E-state index is 13.3. The van der Waals surface area contributed by atoms with Gasteiger partial charge >= 0.3 is 0 Å². The first kappa shape index (κ1) is 22.6. The molecule has 3 aromatic rings. The third kappa shape index (κ3) is 6.70. The molecule has 0 saturated heterocycles. The van der Waals surface area contributed by atoms with E-state index in [1.807, 2.05) is 48.5 Å². The number of rotatable bonds is 11. The van der Waals surface area contributed by atoms with Crippen LogP contribution in [0, 0.1) is 5.82 Å². The number of aliphatic hydroxyl groups is 1. The SMILES string of the molecule is COc1cccc(CN(Cc2ccc(F)cc2)CC(O)COc2ccccc2)c1OC. The fraction of sp³-hybridized carbons (Fsp3) is 0.280. The maximum atomic E-state index is 13.3. The van der Waals surface area contributed by atoms with E-state index >= 15 is 0 Å². The molecule has 0 aliphatic rings. The summed E-state index contributed by atoms with van der Waals surface area (Å²) in [5.41, 5.74) is 1.87. The number of hydrogen-bond donors (Lipinski definition) is 1. The number of halogens is 1. The third-order valence-electron chi connectivity index (χ3n) is 4.85. The predicted molar refractivity (Wildman–Crippen MR) is 118 cm³/mol. The first-order valence-electron chi connectivity index (χ1n) is 10.1. The second kappa shape index (κ2) is 11.3. The van der Waals surface area contributed by atoms with Crippen molar-refractivity contribution in [2.24, 2.45) is 0 Å². The van der Waals surface area contributed by atoms with Gasteiger partial charge < -0.3 is 19.3 Å². The molecular weight excluding hydrogens is 397 g/mol. The summed E-state index contributed by atoms with van der Waals surface area (Å²) in [5.74, 6) is 1.74. The molecule has 3 rings (SSSR count). The van der Waals surface area contributed by atoms with Crippen LogP contribution in [0.1, 0.15) is 11.1 Å². The summed E-state index contributed by atoms with van der Waals surface area (Å²) in [5, 5.41) is 10.6. The Morgan fingerprint density at radius 3 is 2.29 bits per heavy atom. The Morgan fingerprint density at radius 1 is 0.871 bits per heavy atom. The van der Waals surface area contributed by atoms with E-state index in [1.54, 1.807) is 26.4 Å². The van der Waals surface area contributed by atoms with E-state index < -0.39 is 6.10 Å².